The van der Waals surface area contributed by atoms with Crippen molar-refractivity contribution in [2.24, 2.45) is 0 Å². The Kier molecular flexibility index (Phi) is 8.37. The van der Waals surface area contributed by atoms with Gasteiger partial charge in [0.1, 0.15) is 10.1 Å². The molecule has 0 unspecified atom stereocenters. The largest absolute Gasteiger partial charge is 1.00 e. The fourth-order valence-electron chi connectivity index (χ4n) is 0.716. The van der Waals surface area contributed by atoms with Crippen LogP contribution in [0, 0.1) is 0 Å². The first-order valence-electron chi connectivity index (χ1n) is 3.08. The summed E-state index contributed by atoms with van der Waals surface area (Å²) in [4.78, 5) is 1.49. The van der Waals surface area contributed by atoms with E-state index in [1.54, 1.807) is 7.05 Å². The van der Waals surface area contributed by atoms with Gasteiger partial charge in [0.25, 0.3) is 0 Å². The molecule has 11 heavy (non-hydrogen) atoms. The monoisotopic (exact) mass is 189 g/mol. The van der Waals surface area contributed by atoms with E-state index in [-0.39, 0.29) is 35.4 Å². The summed E-state index contributed by atoms with van der Waals surface area (Å²) in [5.74, 6) is -0.388. The van der Waals surface area contributed by atoms with Gasteiger partial charge in [-0.15, -0.1) is 0 Å². The molecule has 0 saturated carbocycles. The van der Waals surface area contributed by atoms with Crippen molar-refractivity contribution in [3.63, 3.8) is 0 Å². The molecule has 0 spiro atoms. The molecule has 6 heteroatoms. The molecule has 0 N–H and O–H groups in total. The Morgan fingerprint density at radius 3 is 2.18 bits per heavy atom. The Balaban J connectivity index is 0. The van der Waals surface area contributed by atoms with E-state index < -0.39 is 10.1 Å². The summed E-state index contributed by atoms with van der Waals surface area (Å²) in [6.45, 7) is 2.56. The molecule has 0 saturated heterocycles. The van der Waals surface area contributed by atoms with Crippen LogP contribution in [-0.2, 0) is 10.1 Å². The first-order chi connectivity index (χ1) is 4.45. The third kappa shape index (κ3) is 10.9. The van der Waals surface area contributed by atoms with Crippen molar-refractivity contribution in [1.29, 1.82) is 0 Å². The summed E-state index contributed by atoms with van der Waals surface area (Å²) in [5.41, 5.74) is 0. The summed E-state index contributed by atoms with van der Waals surface area (Å²) in [6.07, 6.45) is 0.853. The van der Waals surface area contributed by atoms with Crippen LogP contribution in [0.25, 0.3) is 0 Å². The number of rotatable bonds is 4. The molecule has 0 aromatic heterocycles. The summed E-state index contributed by atoms with van der Waals surface area (Å²) in [5, 5.41) is 0. The third-order valence-electron chi connectivity index (χ3n) is 0.984. The minimum atomic E-state index is -4.07. The quantitative estimate of drug-likeness (QED) is 0.346. The number of hydrogen-bond donors (Lipinski definition) is 0. The van der Waals surface area contributed by atoms with Gasteiger partial charge in [0.05, 0.1) is 5.88 Å². The predicted molar refractivity (Wildman–Crippen MR) is 37.5 cm³/mol. The zero-order valence-corrected chi connectivity index (χ0v) is 10.0. The van der Waals surface area contributed by atoms with Crippen molar-refractivity contribution < 1.29 is 42.5 Å². The molecule has 0 amide bonds. The summed E-state index contributed by atoms with van der Waals surface area (Å²) in [7, 11) is -2.46. The van der Waals surface area contributed by atoms with Gasteiger partial charge in [0.15, 0.2) is 0 Å². The molecule has 0 aliphatic rings. The average Bonchev–Trinajstić information content (AvgIpc) is 1.59. The molecule has 0 bridgehead atoms. The molecular weight excluding hydrogens is 177 g/mol. The van der Waals surface area contributed by atoms with E-state index in [2.05, 4.69) is 0 Å². The van der Waals surface area contributed by atoms with Crippen LogP contribution in [-0.4, -0.2) is 37.3 Å². The molecule has 0 aliphatic carbocycles. The fraction of sp³-hybridized carbons (Fsp3) is 1.00. The SMILES string of the molecule is CCCN(C)CS(=O)(=O)[O-].[Na+]. The topological polar surface area (TPSA) is 60.4 Å². The van der Waals surface area contributed by atoms with E-state index >= 15 is 0 Å². The maximum absolute atomic E-state index is 10.1. The van der Waals surface area contributed by atoms with Crippen molar-refractivity contribution >= 4 is 10.1 Å². The molecule has 0 aromatic rings. The van der Waals surface area contributed by atoms with Crippen molar-refractivity contribution in [3.05, 3.63) is 0 Å². The maximum atomic E-state index is 10.1. The fourth-order valence-corrected chi connectivity index (χ4v) is 1.39. The minimum absolute atomic E-state index is 0. The molecule has 0 radical (unpaired) electrons. The molecule has 0 aromatic carbocycles. The van der Waals surface area contributed by atoms with Gasteiger partial charge < -0.3 is 4.55 Å². The van der Waals surface area contributed by atoms with Gasteiger partial charge in [-0.25, -0.2) is 8.42 Å². The Labute approximate surface area is 90.0 Å². The number of hydrogen-bond acceptors (Lipinski definition) is 4. The molecule has 4 nitrogen and oxygen atoms in total. The first kappa shape index (κ1) is 14.4. The molecule has 0 rings (SSSR count). The van der Waals surface area contributed by atoms with Crippen LogP contribution in [0.4, 0.5) is 0 Å². The minimum Gasteiger partial charge on any atom is -0.747 e. The summed E-state index contributed by atoms with van der Waals surface area (Å²) < 4.78 is 30.4. The van der Waals surface area contributed by atoms with E-state index in [0.717, 1.165) is 6.42 Å². The van der Waals surface area contributed by atoms with Crippen LogP contribution in [0.3, 0.4) is 0 Å². The van der Waals surface area contributed by atoms with Crippen LogP contribution >= 0.6 is 0 Å². The average molecular weight is 189 g/mol. The van der Waals surface area contributed by atoms with Crippen molar-refractivity contribution in [2.75, 3.05) is 19.5 Å². The van der Waals surface area contributed by atoms with Crippen molar-refractivity contribution in [2.45, 2.75) is 13.3 Å². The second-order valence-corrected chi connectivity index (χ2v) is 3.64. The summed E-state index contributed by atoms with van der Waals surface area (Å²) >= 11 is 0. The third-order valence-corrected chi connectivity index (χ3v) is 1.74. The Morgan fingerprint density at radius 2 is 1.91 bits per heavy atom. The molecular formula is C5H12NNaO3S. The van der Waals surface area contributed by atoms with Gasteiger partial charge in [0.2, 0.25) is 0 Å². The normalized spacial score (nSPS) is 11.3. The van der Waals surface area contributed by atoms with Gasteiger partial charge in [-0.1, -0.05) is 6.92 Å². The molecule has 0 atom stereocenters. The van der Waals surface area contributed by atoms with Gasteiger partial charge in [0, 0.05) is 0 Å². The van der Waals surface area contributed by atoms with E-state index in [0.29, 0.717) is 6.54 Å². The van der Waals surface area contributed by atoms with E-state index in [9.17, 15) is 13.0 Å². The van der Waals surface area contributed by atoms with Gasteiger partial charge in [-0.3, -0.25) is 4.90 Å². The zero-order valence-electron chi connectivity index (χ0n) is 7.20. The standard InChI is InChI=1S/C5H13NO3S.Na/c1-3-4-6(2)5-10(7,8)9;/h3-5H2,1-2H3,(H,7,8,9);/q;+1/p-1. The second-order valence-electron chi connectivity index (χ2n) is 2.27. The molecule has 0 aliphatic heterocycles. The van der Waals surface area contributed by atoms with Crippen LogP contribution in [0.1, 0.15) is 13.3 Å². The molecule has 0 fully saturated rings. The molecule has 0 heterocycles. The van der Waals surface area contributed by atoms with Gasteiger partial charge in [-0.2, -0.15) is 0 Å². The predicted octanol–water partition coefficient (Wildman–Crippen LogP) is -3.17. The van der Waals surface area contributed by atoms with Crippen LogP contribution in [0.5, 0.6) is 0 Å². The van der Waals surface area contributed by atoms with Crippen molar-refractivity contribution in [1.82, 2.24) is 4.90 Å². The first-order valence-corrected chi connectivity index (χ1v) is 4.65. The van der Waals surface area contributed by atoms with E-state index in [4.69, 9.17) is 0 Å². The summed E-state index contributed by atoms with van der Waals surface area (Å²) in [6, 6.07) is 0. The van der Waals surface area contributed by atoms with E-state index in [1.807, 2.05) is 6.92 Å². The van der Waals surface area contributed by atoms with Gasteiger partial charge in [-0.05, 0) is 20.0 Å². The number of nitrogens with zero attached hydrogens (tertiary/aromatic N) is 1. The van der Waals surface area contributed by atoms with Crippen LogP contribution < -0.4 is 29.6 Å². The maximum Gasteiger partial charge on any atom is 1.00 e. The Bertz CT molecular complexity index is 180. The second kappa shape index (κ2) is 6.39. The molecule has 62 valence electrons. The Hall–Kier alpha value is 0.870. The van der Waals surface area contributed by atoms with E-state index in [1.165, 1.54) is 4.90 Å². The smallest absolute Gasteiger partial charge is 0.747 e. The van der Waals surface area contributed by atoms with Gasteiger partial charge >= 0.3 is 29.6 Å². The van der Waals surface area contributed by atoms with Crippen LogP contribution in [0.15, 0.2) is 0 Å². The van der Waals surface area contributed by atoms with Crippen molar-refractivity contribution in [3.8, 4) is 0 Å². The zero-order chi connectivity index (χ0) is 8.20. The Morgan fingerprint density at radius 1 is 1.45 bits per heavy atom. The van der Waals surface area contributed by atoms with Crippen LogP contribution in [0.2, 0.25) is 0 Å².